The molecule has 3 aromatic carbocycles. The molecule has 1 atom stereocenters. The Labute approximate surface area is 180 Å². The number of hydrogen-bond acceptors (Lipinski definition) is 5. The molecule has 0 aliphatic rings. The molecule has 0 aliphatic heterocycles. The van der Waals surface area contributed by atoms with E-state index in [1.54, 1.807) is 24.3 Å². The monoisotopic (exact) mass is 417 g/mol. The molecule has 0 bridgehead atoms. The summed E-state index contributed by atoms with van der Waals surface area (Å²) in [6.45, 7) is 1.09. The van der Waals surface area contributed by atoms with Gasteiger partial charge in [-0.3, -0.25) is 9.59 Å². The zero-order chi connectivity index (χ0) is 22.1. The highest BCUT2D eigenvalue weighted by atomic mass is 16.6. The van der Waals surface area contributed by atoms with Crippen LogP contribution < -0.4 is 10.1 Å². The highest BCUT2D eigenvalue weighted by Gasteiger charge is 2.23. The Bertz CT molecular complexity index is 981. The molecule has 0 unspecified atom stereocenters. The van der Waals surface area contributed by atoms with Crippen LogP contribution in [0.4, 0.5) is 0 Å². The van der Waals surface area contributed by atoms with Crippen molar-refractivity contribution >= 4 is 18.2 Å². The predicted molar refractivity (Wildman–Crippen MR) is 116 cm³/mol. The number of carbonyl (C=O) groups is 3. The second-order valence-electron chi connectivity index (χ2n) is 6.84. The molecular formula is C25H23NO5. The lowest BCUT2D eigenvalue weighted by atomic mass is 9.98. The molecule has 1 amide bonds. The largest absolute Gasteiger partial charge is 0.481 e. The number of hydrogen-bond donors (Lipinski definition) is 1. The van der Waals surface area contributed by atoms with E-state index >= 15 is 0 Å². The van der Waals surface area contributed by atoms with Crippen LogP contribution in [-0.4, -0.2) is 30.9 Å². The van der Waals surface area contributed by atoms with Gasteiger partial charge in [-0.05, 0) is 30.2 Å². The van der Waals surface area contributed by atoms with Gasteiger partial charge in [0, 0.05) is 0 Å². The van der Waals surface area contributed by atoms with E-state index < -0.39 is 24.6 Å². The molecule has 6 nitrogen and oxygen atoms in total. The van der Waals surface area contributed by atoms with Crippen LogP contribution in [0.5, 0.6) is 5.75 Å². The molecule has 0 saturated heterocycles. The number of aldehydes is 1. The molecule has 1 N–H and O–H groups in total. The van der Waals surface area contributed by atoms with Crippen LogP contribution in [0.2, 0.25) is 0 Å². The summed E-state index contributed by atoms with van der Waals surface area (Å²) >= 11 is 0. The first-order chi connectivity index (χ1) is 15.1. The Morgan fingerprint density at radius 2 is 1.42 bits per heavy atom. The topological polar surface area (TPSA) is 81.7 Å². The minimum atomic E-state index is -1.02. The van der Waals surface area contributed by atoms with Gasteiger partial charge in [-0.1, -0.05) is 72.8 Å². The van der Waals surface area contributed by atoms with Gasteiger partial charge in [0.05, 0.1) is 11.6 Å². The van der Waals surface area contributed by atoms with Gasteiger partial charge in [0.15, 0.2) is 19.0 Å². The van der Waals surface area contributed by atoms with Crippen LogP contribution in [-0.2, 0) is 14.3 Å². The minimum Gasteiger partial charge on any atom is -0.481 e. The van der Waals surface area contributed by atoms with Crippen molar-refractivity contribution in [2.24, 2.45) is 0 Å². The first-order valence-corrected chi connectivity index (χ1v) is 9.85. The molecule has 3 aromatic rings. The van der Waals surface area contributed by atoms with Crippen molar-refractivity contribution in [1.82, 2.24) is 5.32 Å². The Balaban J connectivity index is 1.61. The summed E-state index contributed by atoms with van der Waals surface area (Å²) in [7, 11) is 0. The zero-order valence-electron chi connectivity index (χ0n) is 17.1. The van der Waals surface area contributed by atoms with E-state index in [0.717, 1.165) is 11.1 Å². The molecule has 0 radical (unpaired) electrons. The van der Waals surface area contributed by atoms with E-state index in [0.29, 0.717) is 11.8 Å². The van der Waals surface area contributed by atoms with Gasteiger partial charge < -0.3 is 14.8 Å². The van der Waals surface area contributed by atoms with Crippen molar-refractivity contribution in [3.05, 3.63) is 102 Å². The number of esters is 1. The van der Waals surface area contributed by atoms with E-state index in [1.807, 2.05) is 60.7 Å². The molecule has 0 saturated carbocycles. The average Bonchev–Trinajstić information content (AvgIpc) is 2.82. The summed E-state index contributed by atoms with van der Waals surface area (Å²) < 4.78 is 10.6. The molecule has 0 fully saturated rings. The number of rotatable bonds is 9. The molecular weight excluding hydrogens is 394 g/mol. The van der Waals surface area contributed by atoms with Gasteiger partial charge in [-0.15, -0.1) is 0 Å². The fourth-order valence-corrected chi connectivity index (χ4v) is 3.04. The maximum atomic E-state index is 12.7. The first kappa shape index (κ1) is 21.8. The third-order valence-corrected chi connectivity index (χ3v) is 4.62. The second-order valence-corrected chi connectivity index (χ2v) is 6.84. The van der Waals surface area contributed by atoms with E-state index in [9.17, 15) is 14.4 Å². The maximum Gasteiger partial charge on any atom is 0.344 e. The SMILES string of the molecule is C[C@@H](OC(=O)COc1ccccc1C=O)C(=O)NC(c1ccccc1)c1ccccc1. The van der Waals surface area contributed by atoms with Crippen LogP contribution in [0.25, 0.3) is 0 Å². The Hall–Kier alpha value is -3.93. The van der Waals surface area contributed by atoms with Crippen molar-refractivity contribution in [2.45, 2.75) is 19.1 Å². The van der Waals surface area contributed by atoms with E-state index in [-0.39, 0.29) is 11.8 Å². The molecule has 0 spiro atoms. The number of amides is 1. The van der Waals surface area contributed by atoms with Crippen LogP contribution in [0.15, 0.2) is 84.9 Å². The molecule has 158 valence electrons. The highest BCUT2D eigenvalue weighted by Crippen LogP contribution is 2.22. The summed E-state index contributed by atoms with van der Waals surface area (Å²) in [5, 5.41) is 2.94. The third-order valence-electron chi connectivity index (χ3n) is 4.62. The van der Waals surface area contributed by atoms with Crippen molar-refractivity contribution < 1.29 is 23.9 Å². The summed E-state index contributed by atoms with van der Waals surface area (Å²) in [6.07, 6.45) is -0.378. The van der Waals surface area contributed by atoms with Gasteiger partial charge in [-0.25, -0.2) is 4.79 Å². The van der Waals surface area contributed by atoms with Crippen LogP contribution in [0, 0.1) is 0 Å². The predicted octanol–water partition coefficient (Wildman–Crippen LogP) is 3.72. The minimum absolute atomic E-state index is 0.278. The smallest absolute Gasteiger partial charge is 0.344 e. The highest BCUT2D eigenvalue weighted by molar-refractivity contribution is 5.84. The van der Waals surface area contributed by atoms with Gasteiger partial charge in [0.2, 0.25) is 0 Å². The van der Waals surface area contributed by atoms with Gasteiger partial charge in [-0.2, -0.15) is 0 Å². The van der Waals surface area contributed by atoms with Gasteiger partial charge in [0.25, 0.3) is 5.91 Å². The summed E-state index contributed by atoms with van der Waals surface area (Å²) in [6, 6.07) is 25.3. The van der Waals surface area contributed by atoms with Crippen molar-refractivity contribution in [2.75, 3.05) is 6.61 Å². The number of ether oxygens (including phenoxy) is 2. The standard InChI is InChI=1S/C25H23NO5/c1-18(31-23(28)17-30-22-15-9-8-14-21(22)16-27)25(29)26-24(19-10-4-2-5-11-19)20-12-6-3-7-13-20/h2-16,18,24H,17H2,1H3,(H,26,29)/t18-/m1/s1. The number of carbonyl (C=O) groups excluding carboxylic acids is 3. The lowest BCUT2D eigenvalue weighted by Gasteiger charge is -2.22. The third kappa shape index (κ3) is 6.02. The lowest BCUT2D eigenvalue weighted by molar-refractivity contribution is -0.156. The summed E-state index contributed by atoms with van der Waals surface area (Å²) in [5.74, 6) is -0.863. The summed E-state index contributed by atoms with van der Waals surface area (Å²) in [5.41, 5.74) is 2.15. The van der Waals surface area contributed by atoms with Crippen molar-refractivity contribution in [3.63, 3.8) is 0 Å². The van der Waals surface area contributed by atoms with Crippen LogP contribution in [0.3, 0.4) is 0 Å². The van der Waals surface area contributed by atoms with E-state index in [2.05, 4.69) is 5.32 Å². The van der Waals surface area contributed by atoms with Gasteiger partial charge in [0.1, 0.15) is 5.75 Å². The lowest BCUT2D eigenvalue weighted by Crippen LogP contribution is -2.39. The normalized spacial score (nSPS) is 11.4. The van der Waals surface area contributed by atoms with Crippen molar-refractivity contribution in [3.8, 4) is 5.75 Å². The van der Waals surface area contributed by atoms with Crippen LogP contribution >= 0.6 is 0 Å². The molecule has 6 heteroatoms. The van der Waals surface area contributed by atoms with Crippen molar-refractivity contribution in [1.29, 1.82) is 0 Å². The summed E-state index contributed by atoms with van der Waals surface area (Å²) in [4.78, 5) is 35.9. The number of nitrogens with one attached hydrogen (secondary N) is 1. The zero-order valence-corrected chi connectivity index (χ0v) is 17.1. The van der Waals surface area contributed by atoms with Crippen LogP contribution in [0.1, 0.15) is 34.5 Å². The maximum absolute atomic E-state index is 12.7. The van der Waals surface area contributed by atoms with E-state index in [4.69, 9.17) is 9.47 Å². The Kier molecular flexibility index (Phi) is 7.54. The Morgan fingerprint density at radius 3 is 2.00 bits per heavy atom. The fraction of sp³-hybridized carbons (Fsp3) is 0.160. The average molecular weight is 417 g/mol. The number of para-hydroxylation sites is 1. The molecule has 0 heterocycles. The van der Waals surface area contributed by atoms with Gasteiger partial charge >= 0.3 is 5.97 Å². The molecule has 0 aliphatic carbocycles. The van der Waals surface area contributed by atoms with E-state index in [1.165, 1.54) is 6.92 Å². The fourth-order valence-electron chi connectivity index (χ4n) is 3.04. The second kappa shape index (κ2) is 10.7. The molecule has 3 rings (SSSR count). The Morgan fingerprint density at radius 1 is 0.871 bits per heavy atom. The molecule has 0 aromatic heterocycles. The first-order valence-electron chi connectivity index (χ1n) is 9.85. The molecule has 31 heavy (non-hydrogen) atoms. The quantitative estimate of drug-likeness (QED) is 0.424. The number of benzene rings is 3.